The highest BCUT2D eigenvalue weighted by molar-refractivity contribution is 5.53. The molecule has 84 valence electrons. The van der Waals surface area contributed by atoms with Crippen molar-refractivity contribution in [1.82, 2.24) is 4.90 Å². The Morgan fingerprint density at radius 1 is 1.27 bits per heavy atom. The fourth-order valence-electron chi connectivity index (χ4n) is 1.43. The van der Waals surface area contributed by atoms with Crippen LogP contribution in [0.5, 0.6) is 0 Å². The lowest BCUT2D eigenvalue weighted by molar-refractivity contribution is 0.396. The third-order valence-electron chi connectivity index (χ3n) is 2.25. The van der Waals surface area contributed by atoms with Gasteiger partial charge in [0.1, 0.15) is 0 Å². The first-order chi connectivity index (χ1) is 7.18. The van der Waals surface area contributed by atoms with Gasteiger partial charge >= 0.3 is 0 Å². The number of unbranched alkanes of at least 4 members (excludes halogenated alkanes) is 1. The minimum absolute atomic E-state index is 0.813. The van der Waals surface area contributed by atoms with Crippen LogP contribution in [0.25, 0.3) is 0 Å². The Kier molecular flexibility index (Phi) is 4.98. The zero-order valence-electron chi connectivity index (χ0n) is 9.66. The number of rotatable bonds is 6. The molecule has 0 aliphatic rings. The van der Waals surface area contributed by atoms with E-state index in [4.69, 9.17) is 5.73 Å². The van der Waals surface area contributed by atoms with Crippen molar-refractivity contribution in [3.05, 3.63) is 24.3 Å². The Morgan fingerprint density at radius 3 is 2.73 bits per heavy atom. The third kappa shape index (κ3) is 5.27. The number of hydrogen-bond donors (Lipinski definition) is 2. The predicted octanol–water partition coefficient (Wildman–Crippen LogP) is 2.02. The third-order valence-corrected chi connectivity index (χ3v) is 2.25. The van der Waals surface area contributed by atoms with E-state index in [0.717, 1.165) is 24.5 Å². The van der Waals surface area contributed by atoms with Gasteiger partial charge in [0.15, 0.2) is 0 Å². The fraction of sp³-hybridized carbons (Fsp3) is 0.500. The Bertz CT molecular complexity index is 284. The Balaban J connectivity index is 2.15. The highest BCUT2D eigenvalue weighted by Crippen LogP contribution is 2.11. The SMILES string of the molecule is CN(C)CCCCNc1cccc(N)c1. The molecule has 1 aromatic carbocycles. The van der Waals surface area contributed by atoms with Crippen LogP contribution in [0, 0.1) is 0 Å². The van der Waals surface area contributed by atoms with Crippen molar-refractivity contribution in [2.75, 3.05) is 38.2 Å². The number of benzene rings is 1. The lowest BCUT2D eigenvalue weighted by Gasteiger charge is -2.10. The molecule has 0 spiro atoms. The van der Waals surface area contributed by atoms with E-state index in [2.05, 4.69) is 24.3 Å². The van der Waals surface area contributed by atoms with Gasteiger partial charge in [0.2, 0.25) is 0 Å². The van der Waals surface area contributed by atoms with Gasteiger partial charge in [-0.2, -0.15) is 0 Å². The molecule has 0 heterocycles. The van der Waals surface area contributed by atoms with E-state index in [9.17, 15) is 0 Å². The second-order valence-electron chi connectivity index (χ2n) is 4.06. The standard InChI is InChI=1S/C12H21N3/c1-15(2)9-4-3-8-14-12-7-5-6-11(13)10-12/h5-7,10,14H,3-4,8-9,13H2,1-2H3. The number of nitrogens with one attached hydrogen (secondary N) is 1. The fourth-order valence-corrected chi connectivity index (χ4v) is 1.43. The van der Waals surface area contributed by atoms with E-state index in [1.165, 1.54) is 12.8 Å². The summed E-state index contributed by atoms with van der Waals surface area (Å²) < 4.78 is 0. The van der Waals surface area contributed by atoms with Crippen LogP contribution in [0.15, 0.2) is 24.3 Å². The highest BCUT2D eigenvalue weighted by atomic mass is 15.0. The lowest BCUT2D eigenvalue weighted by Crippen LogP contribution is -2.14. The summed E-state index contributed by atoms with van der Waals surface area (Å²) in [5, 5.41) is 3.36. The number of nitrogens with zero attached hydrogens (tertiary/aromatic N) is 1. The molecular formula is C12H21N3. The monoisotopic (exact) mass is 207 g/mol. The number of hydrogen-bond acceptors (Lipinski definition) is 3. The van der Waals surface area contributed by atoms with Crippen LogP contribution in [-0.4, -0.2) is 32.1 Å². The summed E-state index contributed by atoms with van der Waals surface area (Å²) in [6.45, 7) is 2.16. The molecule has 0 unspecified atom stereocenters. The molecule has 0 aliphatic heterocycles. The molecule has 3 heteroatoms. The van der Waals surface area contributed by atoms with Gasteiger partial charge in [0, 0.05) is 17.9 Å². The maximum atomic E-state index is 5.68. The first-order valence-electron chi connectivity index (χ1n) is 5.42. The van der Waals surface area contributed by atoms with E-state index in [-0.39, 0.29) is 0 Å². The number of nitrogen functional groups attached to an aromatic ring is 1. The van der Waals surface area contributed by atoms with Crippen molar-refractivity contribution >= 4 is 11.4 Å². The first-order valence-corrected chi connectivity index (χ1v) is 5.42. The summed E-state index contributed by atoms with van der Waals surface area (Å²) in [5.74, 6) is 0. The molecule has 0 aromatic heterocycles. The number of anilines is 2. The normalized spacial score (nSPS) is 10.6. The molecule has 0 amide bonds. The minimum atomic E-state index is 0.813. The summed E-state index contributed by atoms with van der Waals surface area (Å²) >= 11 is 0. The van der Waals surface area contributed by atoms with Crippen LogP contribution >= 0.6 is 0 Å². The molecule has 1 rings (SSSR count). The summed E-state index contributed by atoms with van der Waals surface area (Å²) in [6.07, 6.45) is 2.41. The van der Waals surface area contributed by atoms with Gasteiger partial charge in [0.25, 0.3) is 0 Å². The molecule has 1 aromatic rings. The lowest BCUT2D eigenvalue weighted by atomic mass is 10.2. The second kappa shape index (κ2) is 6.30. The topological polar surface area (TPSA) is 41.3 Å². The predicted molar refractivity (Wildman–Crippen MR) is 67.1 cm³/mol. The van der Waals surface area contributed by atoms with E-state index in [1.54, 1.807) is 0 Å². The Morgan fingerprint density at radius 2 is 2.07 bits per heavy atom. The quantitative estimate of drug-likeness (QED) is 0.554. The van der Waals surface area contributed by atoms with Crippen molar-refractivity contribution in [1.29, 1.82) is 0 Å². The number of nitrogens with two attached hydrogens (primary N) is 1. The largest absolute Gasteiger partial charge is 0.399 e. The molecular weight excluding hydrogens is 186 g/mol. The van der Waals surface area contributed by atoms with E-state index < -0.39 is 0 Å². The van der Waals surface area contributed by atoms with Gasteiger partial charge in [-0.05, 0) is 51.7 Å². The van der Waals surface area contributed by atoms with Crippen LogP contribution in [0.3, 0.4) is 0 Å². The average Bonchev–Trinajstić information content (AvgIpc) is 2.17. The molecule has 0 bridgehead atoms. The summed E-state index contributed by atoms with van der Waals surface area (Å²) in [5.41, 5.74) is 7.61. The van der Waals surface area contributed by atoms with Crippen LogP contribution in [0.4, 0.5) is 11.4 Å². The molecule has 0 atom stereocenters. The van der Waals surface area contributed by atoms with E-state index in [0.29, 0.717) is 0 Å². The first kappa shape index (κ1) is 11.9. The van der Waals surface area contributed by atoms with Crippen molar-refractivity contribution in [3.8, 4) is 0 Å². The van der Waals surface area contributed by atoms with Gasteiger partial charge in [-0.3, -0.25) is 0 Å². The Hall–Kier alpha value is -1.22. The highest BCUT2D eigenvalue weighted by Gasteiger charge is 1.93. The molecule has 0 aliphatic carbocycles. The van der Waals surface area contributed by atoms with Crippen LogP contribution < -0.4 is 11.1 Å². The molecule has 15 heavy (non-hydrogen) atoms. The van der Waals surface area contributed by atoms with Crippen LogP contribution in [0.2, 0.25) is 0 Å². The molecule has 0 radical (unpaired) electrons. The van der Waals surface area contributed by atoms with Gasteiger partial charge in [-0.1, -0.05) is 6.07 Å². The van der Waals surface area contributed by atoms with Gasteiger partial charge in [-0.25, -0.2) is 0 Å². The Labute approximate surface area is 92.3 Å². The summed E-state index contributed by atoms with van der Waals surface area (Å²) in [4.78, 5) is 2.21. The van der Waals surface area contributed by atoms with Crippen molar-refractivity contribution in [2.45, 2.75) is 12.8 Å². The van der Waals surface area contributed by atoms with Gasteiger partial charge < -0.3 is 16.0 Å². The van der Waals surface area contributed by atoms with Crippen molar-refractivity contribution < 1.29 is 0 Å². The van der Waals surface area contributed by atoms with Gasteiger partial charge in [0.05, 0.1) is 0 Å². The maximum Gasteiger partial charge on any atom is 0.0360 e. The minimum Gasteiger partial charge on any atom is -0.399 e. The van der Waals surface area contributed by atoms with Crippen LogP contribution in [0.1, 0.15) is 12.8 Å². The molecule has 3 nitrogen and oxygen atoms in total. The molecule has 3 N–H and O–H groups in total. The molecule has 0 saturated carbocycles. The smallest absolute Gasteiger partial charge is 0.0360 e. The van der Waals surface area contributed by atoms with E-state index in [1.807, 2.05) is 24.3 Å². The summed E-state index contributed by atoms with van der Waals surface area (Å²) in [6, 6.07) is 7.88. The van der Waals surface area contributed by atoms with Gasteiger partial charge in [-0.15, -0.1) is 0 Å². The average molecular weight is 207 g/mol. The van der Waals surface area contributed by atoms with Crippen molar-refractivity contribution in [3.63, 3.8) is 0 Å². The zero-order chi connectivity index (χ0) is 11.1. The summed E-state index contributed by atoms with van der Waals surface area (Å²) in [7, 11) is 4.21. The molecule has 0 fully saturated rings. The van der Waals surface area contributed by atoms with Crippen molar-refractivity contribution in [2.24, 2.45) is 0 Å². The van der Waals surface area contributed by atoms with E-state index >= 15 is 0 Å². The maximum absolute atomic E-state index is 5.68. The zero-order valence-corrected chi connectivity index (χ0v) is 9.66. The van der Waals surface area contributed by atoms with Crippen LogP contribution in [-0.2, 0) is 0 Å². The second-order valence-corrected chi connectivity index (χ2v) is 4.06. The molecule has 0 saturated heterocycles.